The van der Waals surface area contributed by atoms with Crippen LogP contribution in [-0.4, -0.2) is 67.3 Å². The topological polar surface area (TPSA) is 101 Å². The highest BCUT2D eigenvalue weighted by molar-refractivity contribution is 5.71. The first kappa shape index (κ1) is 25.0. The molecule has 4 heterocycles. The van der Waals surface area contributed by atoms with Crippen molar-refractivity contribution in [2.75, 3.05) is 36.4 Å². The standard InChI is InChI=1S/C27H36N8O2/c1-7-22-30-20-14-18-15-29-25(32-23(18)24(20)35(22)17(2)3)31-21-9-8-19(16-28-21)33-10-12-34(13-11-33)26(36)37-27(4,5)6/h8-9,15-17H,7,10-14H2,1-6H3,(H,28,29,31,32). The number of piperazine rings is 1. The summed E-state index contributed by atoms with van der Waals surface area (Å²) in [4.78, 5) is 35.2. The molecule has 0 bridgehead atoms. The second-order valence-electron chi connectivity index (χ2n) is 10.9. The zero-order chi connectivity index (χ0) is 26.3. The Balaban J connectivity index is 1.25. The molecule has 1 N–H and O–H groups in total. The lowest BCUT2D eigenvalue weighted by atomic mass is 10.2. The molecule has 0 saturated carbocycles. The maximum Gasteiger partial charge on any atom is 0.410 e. The van der Waals surface area contributed by atoms with Gasteiger partial charge in [0.2, 0.25) is 5.95 Å². The van der Waals surface area contributed by atoms with Crippen molar-refractivity contribution < 1.29 is 9.53 Å². The Morgan fingerprint density at radius 1 is 1.08 bits per heavy atom. The van der Waals surface area contributed by atoms with Crippen LogP contribution in [0.15, 0.2) is 24.5 Å². The molecule has 5 rings (SSSR count). The summed E-state index contributed by atoms with van der Waals surface area (Å²) in [5.41, 5.74) is 4.78. The Labute approximate surface area is 218 Å². The third-order valence-electron chi connectivity index (χ3n) is 6.62. The lowest BCUT2D eigenvalue weighted by Crippen LogP contribution is -2.50. The lowest BCUT2D eigenvalue weighted by molar-refractivity contribution is 0.0240. The molecule has 10 heteroatoms. The van der Waals surface area contributed by atoms with Gasteiger partial charge in [-0.2, -0.15) is 0 Å². The Morgan fingerprint density at radius 2 is 1.84 bits per heavy atom. The number of carbonyl (C=O) groups is 1. The van der Waals surface area contributed by atoms with Crippen LogP contribution in [0.3, 0.4) is 0 Å². The van der Waals surface area contributed by atoms with Gasteiger partial charge in [-0.25, -0.2) is 24.7 Å². The summed E-state index contributed by atoms with van der Waals surface area (Å²) in [7, 11) is 0. The van der Waals surface area contributed by atoms with E-state index in [1.165, 1.54) is 0 Å². The number of imidazole rings is 1. The first-order valence-electron chi connectivity index (χ1n) is 13.0. The molecule has 1 aliphatic carbocycles. The second-order valence-corrected chi connectivity index (χ2v) is 10.9. The summed E-state index contributed by atoms with van der Waals surface area (Å²) >= 11 is 0. The highest BCUT2D eigenvalue weighted by Crippen LogP contribution is 2.38. The minimum Gasteiger partial charge on any atom is -0.444 e. The summed E-state index contributed by atoms with van der Waals surface area (Å²) in [6.07, 6.45) is 5.14. The van der Waals surface area contributed by atoms with Crippen LogP contribution in [0.25, 0.3) is 11.4 Å². The quantitative estimate of drug-likeness (QED) is 0.421. The van der Waals surface area contributed by atoms with E-state index in [4.69, 9.17) is 14.7 Å². The molecule has 10 nitrogen and oxygen atoms in total. The molecule has 1 fully saturated rings. The number of aromatic nitrogens is 5. The van der Waals surface area contributed by atoms with Crippen LogP contribution in [0.2, 0.25) is 0 Å². The van der Waals surface area contributed by atoms with Crippen molar-refractivity contribution >= 4 is 23.5 Å². The molecular weight excluding hydrogens is 468 g/mol. The molecule has 37 heavy (non-hydrogen) atoms. The number of hydrogen-bond acceptors (Lipinski definition) is 8. The van der Waals surface area contributed by atoms with E-state index < -0.39 is 5.60 Å². The van der Waals surface area contributed by atoms with Crippen molar-refractivity contribution in [2.24, 2.45) is 0 Å². The van der Waals surface area contributed by atoms with Crippen molar-refractivity contribution in [3.8, 4) is 11.4 Å². The number of nitrogens with one attached hydrogen (secondary N) is 1. The van der Waals surface area contributed by atoms with Crippen LogP contribution < -0.4 is 10.2 Å². The van der Waals surface area contributed by atoms with Crippen molar-refractivity contribution in [3.05, 3.63) is 41.6 Å². The van der Waals surface area contributed by atoms with E-state index in [1.54, 1.807) is 4.90 Å². The van der Waals surface area contributed by atoms with Crippen molar-refractivity contribution in [1.82, 2.24) is 29.4 Å². The van der Waals surface area contributed by atoms with E-state index in [0.29, 0.717) is 30.9 Å². The van der Waals surface area contributed by atoms with Crippen LogP contribution in [0, 0.1) is 0 Å². The van der Waals surface area contributed by atoms with Crippen LogP contribution in [0.5, 0.6) is 0 Å². The zero-order valence-electron chi connectivity index (χ0n) is 22.6. The highest BCUT2D eigenvalue weighted by Gasteiger charge is 2.30. The van der Waals surface area contributed by atoms with E-state index in [0.717, 1.165) is 60.1 Å². The molecule has 1 saturated heterocycles. The fourth-order valence-electron chi connectivity index (χ4n) is 4.93. The predicted molar refractivity (Wildman–Crippen MR) is 143 cm³/mol. The number of pyridine rings is 1. The van der Waals surface area contributed by atoms with Gasteiger partial charge in [0.1, 0.15) is 17.2 Å². The maximum atomic E-state index is 12.3. The first-order valence-corrected chi connectivity index (χ1v) is 13.0. The monoisotopic (exact) mass is 504 g/mol. The van der Waals surface area contributed by atoms with Crippen LogP contribution >= 0.6 is 0 Å². The molecule has 0 spiro atoms. The van der Waals surface area contributed by atoms with E-state index >= 15 is 0 Å². The smallest absolute Gasteiger partial charge is 0.410 e. The Kier molecular flexibility index (Phi) is 6.51. The average molecular weight is 505 g/mol. The molecule has 2 aliphatic rings. The number of anilines is 3. The molecule has 0 unspecified atom stereocenters. The van der Waals surface area contributed by atoms with E-state index in [2.05, 4.69) is 45.5 Å². The number of carbonyl (C=O) groups excluding carboxylic acids is 1. The largest absolute Gasteiger partial charge is 0.444 e. The fourth-order valence-corrected chi connectivity index (χ4v) is 4.93. The highest BCUT2D eigenvalue weighted by atomic mass is 16.6. The summed E-state index contributed by atoms with van der Waals surface area (Å²) < 4.78 is 7.79. The van der Waals surface area contributed by atoms with Gasteiger partial charge in [-0.05, 0) is 46.8 Å². The number of fused-ring (bicyclic) bond motifs is 3. The third kappa shape index (κ3) is 5.10. The van der Waals surface area contributed by atoms with E-state index in [-0.39, 0.29) is 6.09 Å². The Bertz CT molecular complexity index is 1280. The first-order chi connectivity index (χ1) is 17.6. The summed E-state index contributed by atoms with van der Waals surface area (Å²) in [6.45, 7) is 14.9. The van der Waals surface area contributed by atoms with Crippen LogP contribution in [0.4, 0.5) is 22.2 Å². The number of amides is 1. The van der Waals surface area contributed by atoms with Gasteiger partial charge in [-0.1, -0.05) is 6.92 Å². The van der Waals surface area contributed by atoms with Gasteiger partial charge in [0.05, 0.1) is 29.0 Å². The number of hydrogen-bond donors (Lipinski definition) is 1. The summed E-state index contributed by atoms with van der Waals surface area (Å²) in [6, 6.07) is 4.28. The molecule has 0 aromatic carbocycles. The van der Waals surface area contributed by atoms with Crippen molar-refractivity contribution in [3.63, 3.8) is 0 Å². The predicted octanol–water partition coefficient (Wildman–Crippen LogP) is 4.58. The molecular formula is C27H36N8O2. The normalized spacial score (nSPS) is 15.1. The molecule has 1 aliphatic heterocycles. The molecule has 1 amide bonds. The summed E-state index contributed by atoms with van der Waals surface area (Å²) in [5.74, 6) is 2.30. The average Bonchev–Trinajstić information content (AvgIpc) is 3.39. The maximum absolute atomic E-state index is 12.3. The van der Waals surface area contributed by atoms with Gasteiger partial charge >= 0.3 is 6.09 Å². The third-order valence-corrected chi connectivity index (χ3v) is 6.62. The fraction of sp³-hybridized carbons (Fsp3) is 0.519. The van der Waals surface area contributed by atoms with Gasteiger partial charge in [0.15, 0.2) is 0 Å². The Hall–Kier alpha value is -3.69. The van der Waals surface area contributed by atoms with Crippen LogP contribution in [-0.2, 0) is 17.6 Å². The SMILES string of the molecule is CCc1nc2c(n1C(C)C)-c1nc(Nc3ccc(N4CCN(C(=O)OC(C)(C)C)CC4)cn3)ncc1C2. The lowest BCUT2D eigenvalue weighted by Gasteiger charge is -2.36. The van der Waals surface area contributed by atoms with Gasteiger partial charge < -0.3 is 24.4 Å². The van der Waals surface area contributed by atoms with Crippen LogP contribution in [0.1, 0.15) is 64.7 Å². The number of nitrogens with zero attached hydrogens (tertiary/aromatic N) is 7. The molecule has 3 aromatic rings. The van der Waals surface area contributed by atoms with E-state index in [9.17, 15) is 4.79 Å². The number of aryl methyl sites for hydroxylation is 1. The Morgan fingerprint density at radius 3 is 2.46 bits per heavy atom. The minimum absolute atomic E-state index is 0.256. The number of rotatable bonds is 5. The second kappa shape index (κ2) is 9.64. The van der Waals surface area contributed by atoms with Gasteiger partial charge in [0.25, 0.3) is 0 Å². The summed E-state index contributed by atoms with van der Waals surface area (Å²) in [5, 5.41) is 3.26. The molecule has 3 aromatic heterocycles. The van der Waals surface area contributed by atoms with Gasteiger partial charge in [-0.3, -0.25) is 0 Å². The molecule has 196 valence electrons. The number of ether oxygens (including phenoxy) is 1. The van der Waals surface area contributed by atoms with Crippen molar-refractivity contribution in [1.29, 1.82) is 0 Å². The zero-order valence-corrected chi connectivity index (χ0v) is 22.6. The minimum atomic E-state index is -0.486. The molecule has 0 atom stereocenters. The van der Waals surface area contributed by atoms with Crippen molar-refractivity contribution in [2.45, 2.75) is 66.0 Å². The molecule has 0 radical (unpaired) electrons. The van der Waals surface area contributed by atoms with Gasteiger partial charge in [-0.15, -0.1) is 0 Å². The van der Waals surface area contributed by atoms with E-state index in [1.807, 2.05) is 45.3 Å². The van der Waals surface area contributed by atoms with Gasteiger partial charge in [0, 0.05) is 56.8 Å².